The number of rotatable bonds is 6. The van der Waals surface area contributed by atoms with E-state index < -0.39 is 6.10 Å². The van der Waals surface area contributed by atoms with E-state index >= 15 is 0 Å². The Kier molecular flexibility index (Phi) is 4.93. The standard InChI is InChI=1S/C14H27N3O/c1-7-14(5,17(8-2)9-3)13(18)12-10-15-11(4)16(12)6/h10,13,18H,7-9H2,1-6H3. The third-order valence-corrected chi connectivity index (χ3v) is 4.33. The molecule has 4 nitrogen and oxygen atoms in total. The minimum Gasteiger partial charge on any atom is -0.385 e. The molecular weight excluding hydrogens is 226 g/mol. The third kappa shape index (κ3) is 2.45. The minimum atomic E-state index is -0.520. The molecule has 104 valence electrons. The smallest absolute Gasteiger partial charge is 0.114 e. The van der Waals surface area contributed by atoms with Gasteiger partial charge in [0, 0.05) is 12.6 Å². The Bertz CT molecular complexity index is 384. The van der Waals surface area contributed by atoms with Crippen LogP contribution >= 0.6 is 0 Å². The first-order valence-corrected chi connectivity index (χ1v) is 6.83. The molecule has 0 spiro atoms. The van der Waals surface area contributed by atoms with Crippen LogP contribution in [0, 0.1) is 6.92 Å². The van der Waals surface area contributed by atoms with Gasteiger partial charge in [0.25, 0.3) is 0 Å². The highest BCUT2D eigenvalue weighted by atomic mass is 16.3. The molecule has 4 heteroatoms. The highest BCUT2D eigenvalue weighted by Crippen LogP contribution is 2.34. The molecule has 1 aromatic heterocycles. The lowest BCUT2D eigenvalue weighted by atomic mass is 9.87. The first-order chi connectivity index (χ1) is 8.42. The highest BCUT2D eigenvalue weighted by Gasteiger charge is 2.38. The van der Waals surface area contributed by atoms with Gasteiger partial charge in [0.1, 0.15) is 11.9 Å². The van der Waals surface area contributed by atoms with Crippen molar-refractivity contribution in [3.05, 3.63) is 17.7 Å². The summed E-state index contributed by atoms with van der Waals surface area (Å²) in [7, 11) is 1.96. The fourth-order valence-corrected chi connectivity index (χ4v) is 2.63. The molecule has 1 rings (SSSR count). The number of nitrogens with zero attached hydrogens (tertiary/aromatic N) is 3. The molecule has 0 aliphatic carbocycles. The number of hydrogen-bond donors (Lipinski definition) is 1. The number of aliphatic hydroxyl groups is 1. The monoisotopic (exact) mass is 253 g/mol. The molecule has 1 N–H and O–H groups in total. The van der Waals surface area contributed by atoms with Gasteiger partial charge in [-0.1, -0.05) is 20.8 Å². The number of aryl methyl sites for hydroxylation is 1. The zero-order chi connectivity index (χ0) is 13.9. The van der Waals surface area contributed by atoms with Gasteiger partial charge in [0.15, 0.2) is 0 Å². The molecule has 2 atom stereocenters. The van der Waals surface area contributed by atoms with E-state index in [9.17, 15) is 5.11 Å². The van der Waals surface area contributed by atoms with E-state index in [4.69, 9.17) is 0 Å². The minimum absolute atomic E-state index is 0.246. The summed E-state index contributed by atoms with van der Waals surface area (Å²) in [6, 6.07) is 0. The molecule has 0 aromatic carbocycles. The van der Waals surface area contributed by atoms with Crippen molar-refractivity contribution in [2.45, 2.75) is 52.7 Å². The predicted molar refractivity (Wildman–Crippen MR) is 74.5 cm³/mol. The maximum atomic E-state index is 10.8. The first kappa shape index (κ1) is 15.2. The van der Waals surface area contributed by atoms with E-state index in [1.807, 2.05) is 18.5 Å². The summed E-state index contributed by atoms with van der Waals surface area (Å²) in [5.41, 5.74) is 0.646. The predicted octanol–water partition coefficient (Wildman–Crippen LogP) is 2.27. The van der Waals surface area contributed by atoms with Crippen molar-refractivity contribution >= 4 is 0 Å². The van der Waals surface area contributed by atoms with Crippen LogP contribution in [0.4, 0.5) is 0 Å². The lowest BCUT2D eigenvalue weighted by molar-refractivity contribution is -0.0250. The maximum Gasteiger partial charge on any atom is 0.114 e. The summed E-state index contributed by atoms with van der Waals surface area (Å²) in [6.07, 6.45) is 2.17. The fraction of sp³-hybridized carbons (Fsp3) is 0.786. The van der Waals surface area contributed by atoms with Gasteiger partial charge in [-0.25, -0.2) is 4.98 Å². The second-order valence-corrected chi connectivity index (χ2v) is 5.07. The van der Waals surface area contributed by atoms with Crippen molar-refractivity contribution in [2.24, 2.45) is 7.05 Å². The van der Waals surface area contributed by atoms with E-state index in [0.29, 0.717) is 0 Å². The topological polar surface area (TPSA) is 41.3 Å². The number of likely N-dealkylation sites (N-methyl/N-ethyl adjacent to an activating group) is 1. The van der Waals surface area contributed by atoms with Gasteiger partial charge in [0.05, 0.1) is 11.9 Å². The molecule has 0 aliphatic rings. The van der Waals surface area contributed by atoms with E-state index in [0.717, 1.165) is 31.0 Å². The van der Waals surface area contributed by atoms with Gasteiger partial charge in [-0.05, 0) is 33.4 Å². The summed E-state index contributed by atoms with van der Waals surface area (Å²) >= 11 is 0. The molecule has 1 aromatic rings. The Hall–Kier alpha value is -0.870. The number of hydrogen-bond acceptors (Lipinski definition) is 3. The van der Waals surface area contributed by atoms with E-state index in [1.165, 1.54) is 0 Å². The van der Waals surface area contributed by atoms with Crippen LogP contribution < -0.4 is 0 Å². The Morgan fingerprint density at radius 2 is 1.94 bits per heavy atom. The second-order valence-electron chi connectivity index (χ2n) is 5.07. The Labute approximate surface area is 111 Å². The Balaban J connectivity index is 3.12. The van der Waals surface area contributed by atoms with Crippen LogP contribution in [0.3, 0.4) is 0 Å². The van der Waals surface area contributed by atoms with Crippen molar-refractivity contribution in [1.29, 1.82) is 0 Å². The van der Waals surface area contributed by atoms with Crippen molar-refractivity contribution in [3.8, 4) is 0 Å². The zero-order valence-corrected chi connectivity index (χ0v) is 12.6. The van der Waals surface area contributed by atoms with Gasteiger partial charge < -0.3 is 9.67 Å². The molecule has 0 fully saturated rings. The van der Waals surface area contributed by atoms with E-state index in [2.05, 4.69) is 37.6 Å². The molecular formula is C14H27N3O. The van der Waals surface area contributed by atoms with Crippen LogP contribution in [0.1, 0.15) is 51.7 Å². The van der Waals surface area contributed by atoms with Crippen LogP contribution in [-0.4, -0.2) is 38.2 Å². The van der Waals surface area contributed by atoms with Crippen molar-refractivity contribution < 1.29 is 5.11 Å². The summed E-state index contributed by atoms with van der Waals surface area (Å²) < 4.78 is 1.97. The van der Waals surface area contributed by atoms with E-state index in [-0.39, 0.29) is 5.54 Å². The SMILES string of the molecule is CCN(CC)C(C)(CC)C(O)c1cnc(C)n1C. The molecule has 2 unspecified atom stereocenters. The summed E-state index contributed by atoms with van der Waals surface area (Å²) in [4.78, 5) is 6.60. The molecule has 0 saturated heterocycles. The maximum absolute atomic E-state index is 10.8. The van der Waals surface area contributed by atoms with Gasteiger partial charge in [-0.15, -0.1) is 0 Å². The molecule has 0 amide bonds. The Morgan fingerprint density at radius 1 is 1.39 bits per heavy atom. The summed E-state index contributed by atoms with van der Waals surface area (Å²) in [6.45, 7) is 12.4. The van der Waals surface area contributed by atoms with Gasteiger partial charge in [-0.2, -0.15) is 0 Å². The molecule has 0 saturated carbocycles. The van der Waals surface area contributed by atoms with E-state index in [1.54, 1.807) is 6.20 Å². The van der Waals surface area contributed by atoms with Crippen molar-refractivity contribution in [2.75, 3.05) is 13.1 Å². The normalized spacial score (nSPS) is 16.9. The molecule has 1 heterocycles. The molecule has 18 heavy (non-hydrogen) atoms. The van der Waals surface area contributed by atoms with Crippen LogP contribution in [0.15, 0.2) is 6.20 Å². The third-order valence-electron chi connectivity index (χ3n) is 4.33. The van der Waals surface area contributed by atoms with Crippen molar-refractivity contribution in [3.63, 3.8) is 0 Å². The highest BCUT2D eigenvalue weighted by molar-refractivity contribution is 5.13. The quantitative estimate of drug-likeness (QED) is 0.845. The lowest BCUT2D eigenvalue weighted by Crippen LogP contribution is -2.50. The summed E-state index contributed by atoms with van der Waals surface area (Å²) in [5.74, 6) is 0.932. The average Bonchev–Trinajstić information content (AvgIpc) is 2.70. The zero-order valence-electron chi connectivity index (χ0n) is 12.6. The van der Waals surface area contributed by atoms with Crippen LogP contribution in [0.5, 0.6) is 0 Å². The summed E-state index contributed by atoms with van der Waals surface area (Å²) in [5, 5.41) is 10.8. The number of aliphatic hydroxyl groups excluding tert-OH is 1. The van der Waals surface area contributed by atoms with Crippen LogP contribution in [0.25, 0.3) is 0 Å². The van der Waals surface area contributed by atoms with Crippen LogP contribution in [0.2, 0.25) is 0 Å². The van der Waals surface area contributed by atoms with Gasteiger partial charge in [0.2, 0.25) is 0 Å². The molecule has 0 aliphatic heterocycles. The van der Waals surface area contributed by atoms with Gasteiger partial charge >= 0.3 is 0 Å². The second kappa shape index (κ2) is 5.85. The number of imidazole rings is 1. The average molecular weight is 253 g/mol. The van der Waals surface area contributed by atoms with Gasteiger partial charge in [-0.3, -0.25) is 4.90 Å². The largest absolute Gasteiger partial charge is 0.385 e. The molecule has 0 bridgehead atoms. The lowest BCUT2D eigenvalue weighted by Gasteiger charge is -2.43. The van der Waals surface area contributed by atoms with Crippen molar-refractivity contribution in [1.82, 2.24) is 14.5 Å². The first-order valence-electron chi connectivity index (χ1n) is 6.83. The van der Waals surface area contributed by atoms with Crippen LogP contribution in [-0.2, 0) is 7.05 Å². The fourth-order valence-electron chi connectivity index (χ4n) is 2.63. The number of aromatic nitrogens is 2. The Morgan fingerprint density at radius 3 is 2.28 bits per heavy atom. The molecule has 0 radical (unpaired) electrons.